The number of ether oxygens (including phenoxy) is 1. The normalized spacial score (nSPS) is 14.5. The summed E-state index contributed by atoms with van der Waals surface area (Å²) >= 11 is 11.8. The standard InChI is InChI=1S/C25H24Cl2N2O2/c26-22-7-3-19(4-8-22)17-28-13-15-29(16-14-28)25(30)21-5-1-20(2-6-21)18-31-24-11-9-23(27)10-12-24/h1-12H,13-18H2. The Labute approximate surface area is 192 Å². The number of hydrogen-bond acceptors (Lipinski definition) is 3. The maximum atomic E-state index is 12.9. The van der Waals surface area contributed by atoms with Gasteiger partial charge in [0.2, 0.25) is 0 Å². The second kappa shape index (κ2) is 10.2. The number of halogens is 2. The van der Waals surface area contributed by atoms with E-state index in [-0.39, 0.29) is 5.91 Å². The highest BCUT2D eigenvalue weighted by molar-refractivity contribution is 6.30. The summed E-state index contributed by atoms with van der Waals surface area (Å²) in [6.45, 7) is 4.51. The summed E-state index contributed by atoms with van der Waals surface area (Å²) in [6, 6.07) is 22.9. The Morgan fingerprint density at radius 3 is 1.90 bits per heavy atom. The molecule has 1 heterocycles. The topological polar surface area (TPSA) is 32.8 Å². The summed E-state index contributed by atoms with van der Waals surface area (Å²) in [7, 11) is 0. The molecule has 0 saturated carbocycles. The van der Waals surface area contributed by atoms with Crippen LogP contribution in [0.25, 0.3) is 0 Å². The first-order valence-corrected chi connectivity index (χ1v) is 11.1. The van der Waals surface area contributed by atoms with E-state index in [4.69, 9.17) is 27.9 Å². The fourth-order valence-electron chi connectivity index (χ4n) is 3.58. The first-order valence-electron chi connectivity index (χ1n) is 10.3. The number of carbonyl (C=O) groups excluding carboxylic acids is 1. The Bertz CT molecular complexity index is 997. The minimum absolute atomic E-state index is 0.0799. The molecule has 4 nitrogen and oxygen atoms in total. The van der Waals surface area contributed by atoms with Crippen molar-refractivity contribution in [3.05, 3.63) is 99.5 Å². The molecule has 4 rings (SSSR count). The maximum Gasteiger partial charge on any atom is 0.253 e. The number of hydrogen-bond donors (Lipinski definition) is 0. The molecule has 0 bridgehead atoms. The monoisotopic (exact) mass is 454 g/mol. The van der Waals surface area contributed by atoms with Crippen LogP contribution in [0.5, 0.6) is 5.75 Å². The lowest BCUT2D eigenvalue weighted by Gasteiger charge is -2.34. The van der Waals surface area contributed by atoms with E-state index < -0.39 is 0 Å². The summed E-state index contributed by atoms with van der Waals surface area (Å²) in [6.07, 6.45) is 0. The quantitative estimate of drug-likeness (QED) is 0.490. The number of carbonyl (C=O) groups is 1. The number of amides is 1. The lowest BCUT2D eigenvalue weighted by atomic mass is 10.1. The Balaban J connectivity index is 1.26. The van der Waals surface area contributed by atoms with Crippen LogP contribution in [0, 0.1) is 0 Å². The van der Waals surface area contributed by atoms with Crippen LogP contribution in [0.3, 0.4) is 0 Å². The smallest absolute Gasteiger partial charge is 0.253 e. The largest absolute Gasteiger partial charge is 0.489 e. The molecule has 3 aromatic rings. The van der Waals surface area contributed by atoms with Crippen molar-refractivity contribution in [3.8, 4) is 5.75 Å². The summed E-state index contributed by atoms with van der Waals surface area (Å²) < 4.78 is 5.76. The second-order valence-electron chi connectivity index (χ2n) is 7.63. The summed E-state index contributed by atoms with van der Waals surface area (Å²) in [5, 5.41) is 1.43. The van der Waals surface area contributed by atoms with Gasteiger partial charge in [0.1, 0.15) is 12.4 Å². The van der Waals surface area contributed by atoms with Gasteiger partial charge in [-0.25, -0.2) is 0 Å². The lowest BCUT2D eigenvalue weighted by molar-refractivity contribution is 0.0628. The molecule has 6 heteroatoms. The van der Waals surface area contributed by atoms with Crippen molar-refractivity contribution in [2.75, 3.05) is 26.2 Å². The molecule has 0 unspecified atom stereocenters. The van der Waals surface area contributed by atoms with Gasteiger partial charge >= 0.3 is 0 Å². The second-order valence-corrected chi connectivity index (χ2v) is 8.51. The van der Waals surface area contributed by atoms with Crippen LogP contribution in [-0.2, 0) is 13.2 Å². The van der Waals surface area contributed by atoms with Crippen LogP contribution < -0.4 is 4.74 Å². The summed E-state index contributed by atoms with van der Waals surface area (Å²) in [4.78, 5) is 17.2. The van der Waals surface area contributed by atoms with E-state index in [1.807, 2.05) is 53.4 Å². The molecular formula is C25H24Cl2N2O2. The van der Waals surface area contributed by atoms with Gasteiger partial charge in [0.25, 0.3) is 5.91 Å². The average Bonchev–Trinajstić information content (AvgIpc) is 2.81. The molecular weight excluding hydrogens is 431 g/mol. The van der Waals surface area contributed by atoms with Crippen LogP contribution in [0.15, 0.2) is 72.8 Å². The van der Waals surface area contributed by atoms with Crippen molar-refractivity contribution in [2.24, 2.45) is 0 Å². The summed E-state index contributed by atoms with van der Waals surface area (Å²) in [5.41, 5.74) is 2.96. The number of nitrogens with zero attached hydrogens (tertiary/aromatic N) is 2. The molecule has 1 aliphatic rings. The molecule has 1 fully saturated rings. The lowest BCUT2D eigenvalue weighted by Crippen LogP contribution is -2.48. The Morgan fingerprint density at radius 2 is 1.29 bits per heavy atom. The van der Waals surface area contributed by atoms with Crippen molar-refractivity contribution < 1.29 is 9.53 Å². The number of benzene rings is 3. The van der Waals surface area contributed by atoms with Crippen LogP contribution in [0.4, 0.5) is 0 Å². The minimum atomic E-state index is 0.0799. The molecule has 1 aliphatic heterocycles. The van der Waals surface area contributed by atoms with Crippen molar-refractivity contribution in [3.63, 3.8) is 0 Å². The maximum absolute atomic E-state index is 12.9. The third-order valence-electron chi connectivity index (χ3n) is 5.40. The Hall–Kier alpha value is -2.53. The van der Waals surface area contributed by atoms with E-state index >= 15 is 0 Å². The van der Waals surface area contributed by atoms with Crippen molar-refractivity contribution >= 4 is 29.1 Å². The molecule has 0 spiro atoms. The van der Waals surface area contributed by atoms with E-state index in [2.05, 4.69) is 17.0 Å². The number of piperazine rings is 1. The Morgan fingerprint density at radius 1 is 0.742 bits per heavy atom. The fourth-order valence-corrected chi connectivity index (χ4v) is 3.83. The molecule has 3 aromatic carbocycles. The highest BCUT2D eigenvalue weighted by Gasteiger charge is 2.22. The highest BCUT2D eigenvalue weighted by Crippen LogP contribution is 2.18. The zero-order valence-corrected chi connectivity index (χ0v) is 18.6. The first kappa shape index (κ1) is 21.7. The van der Waals surface area contributed by atoms with Gasteiger partial charge in [-0.05, 0) is 59.7 Å². The van der Waals surface area contributed by atoms with E-state index in [0.29, 0.717) is 17.2 Å². The zero-order valence-electron chi connectivity index (χ0n) is 17.1. The predicted octanol–water partition coefficient (Wildman–Crippen LogP) is 5.53. The van der Waals surface area contributed by atoms with Crippen molar-refractivity contribution in [1.29, 1.82) is 0 Å². The number of rotatable bonds is 6. The van der Waals surface area contributed by atoms with Gasteiger partial charge in [0.05, 0.1) is 0 Å². The van der Waals surface area contributed by atoms with Gasteiger partial charge in [-0.3, -0.25) is 9.69 Å². The Kier molecular flexibility index (Phi) is 7.13. The van der Waals surface area contributed by atoms with Crippen LogP contribution in [0.2, 0.25) is 10.0 Å². The van der Waals surface area contributed by atoms with E-state index in [0.717, 1.165) is 49.1 Å². The fraction of sp³-hybridized carbons (Fsp3) is 0.240. The first-order chi connectivity index (χ1) is 15.1. The van der Waals surface area contributed by atoms with Crippen LogP contribution >= 0.6 is 23.2 Å². The molecule has 0 aliphatic carbocycles. The molecule has 31 heavy (non-hydrogen) atoms. The van der Waals surface area contributed by atoms with Gasteiger partial charge in [-0.15, -0.1) is 0 Å². The average molecular weight is 455 g/mol. The summed E-state index contributed by atoms with van der Waals surface area (Å²) in [5.74, 6) is 0.845. The van der Waals surface area contributed by atoms with E-state index in [1.165, 1.54) is 5.56 Å². The third kappa shape index (κ3) is 6.01. The molecule has 0 atom stereocenters. The van der Waals surface area contributed by atoms with Crippen LogP contribution in [-0.4, -0.2) is 41.9 Å². The molecule has 160 valence electrons. The van der Waals surface area contributed by atoms with Gasteiger partial charge in [-0.2, -0.15) is 0 Å². The van der Waals surface area contributed by atoms with Crippen molar-refractivity contribution in [2.45, 2.75) is 13.2 Å². The molecule has 0 aromatic heterocycles. The van der Waals surface area contributed by atoms with Gasteiger partial charge in [-0.1, -0.05) is 47.5 Å². The highest BCUT2D eigenvalue weighted by atomic mass is 35.5. The van der Waals surface area contributed by atoms with Gasteiger partial charge < -0.3 is 9.64 Å². The minimum Gasteiger partial charge on any atom is -0.489 e. The molecule has 0 radical (unpaired) electrons. The zero-order chi connectivity index (χ0) is 21.6. The van der Waals surface area contributed by atoms with Gasteiger partial charge in [0, 0.05) is 48.3 Å². The van der Waals surface area contributed by atoms with Gasteiger partial charge in [0.15, 0.2) is 0 Å². The molecule has 1 amide bonds. The van der Waals surface area contributed by atoms with Crippen LogP contribution in [0.1, 0.15) is 21.5 Å². The molecule has 1 saturated heterocycles. The third-order valence-corrected chi connectivity index (χ3v) is 5.90. The molecule has 0 N–H and O–H groups in total. The van der Waals surface area contributed by atoms with E-state index in [9.17, 15) is 4.79 Å². The SMILES string of the molecule is O=C(c1ccc(COc2ccc(Cl)cc2)cc1)N1CCN(Cc2ccc(Cl)cc2)CC1. The van der Waals surface area contributed by atoms with Crippen molar-refractivity contribution in [1.82, 2.24) is 9.80 Å². The van der Waals surface area contributed by atoms with E-state index in [1.54, 1.807) is 12.1 Å². The predicted molar refractivity (Wildman–Crippen MR) is 125 cm³/mol.